The molecular formula is C13H10ClF3N4O. The van der Waals surface area contributed by atoms with Gasteiger partial charge in [0.05, 0.1) is 17.9 Å². The first-order valence-electron chi connectivity index (χ1n) is 6.41. The quantitative estimate of drug-likeness (QED) is 0.792. The molecule has 3 aromatic rings. The van der Waals surface area contributed by atoms with Gasteiger partial charge in [0, 0.05) is 24.2 Å². The average Bonchev–Trinajstić information content (AvgIpc) is 3.04. The molecule has 0 amide bonds. The molecule has 0 spiro atoms. The van der Waals surface area contributed by atoms with E-state index in [0.717, 1.165) is 10.9 Å². The minimum absolute atomic E-state index is 0.0383. The summed E-state index contributed by atoms with van der Waals surface area (Å²) in [6.07, 6.45) is -1.96. The number of aryl methyl sites for hydroxylation is 1. The van der Waals surface area contributed by atoms with Crippen molar-refractivity contribution in [2.24, 2.45) is 0 Å². The lowest BCUT2D eigenvalue weighted by Gasteiger charge is -2.01. The van der Waals surface area contributed by atoms with E-state index in [9.17, 15) is 13.2 Å². The molecule has 0 fully saturated rings. The number of H-pyrrole nitrogens is 1. The van der Waals surface area contributed by atoms with E-state index in [-0.39, 0.29) is 24.6 Å². The van der Waals surface area contributed by atoms with Crippen LogP contribution in [0.2, 0.25) is 5.02 Å². The number of aromatic nitrogens is 4. The summed E-state index contributed by atoms with van der Waals surface area (Å²) in [6, 6.07) is 1.66. The maximum Gasteiger partial charge on any atom is 0.389 e. The van der Waals surface area contributed by atoms with Gasteiger partial charge in [-0.2, -0.15) is 18.2 Å². The van der Waals surface area contributed by atoms with Gasteiger partial charge in [-0.05, 0) is 11.6 Å². The third kappa shape index (κ3) is 3.22. The molecule has 116 valence electrons. The van der Waals surface area contributed by atoms with Crippen molar-refractivity contribution in [3.8, 4) is 0 Å². The molecule has 0 unspecified atom stereocenters. The Morgan fingerprint density at radius 1 is 1.32 bits per heavy atom. The normalized spacial score (nSPS) is 12.2. The zero-order valence-electron chi connectivity index (χ0n) is 11.1. The first-order chi connectivity index (χ1) is 10.4. The van der Waals surface area contributed by atoms with Crippen LogP contribution in [0.4, 0.5) is 13.2 Å². The molecule has 9 heteroatoms. The Hall–Kier alpha value is -2.09. The summed E-state index contributed by atoms with van der Waals surface area (Å²) in [6.45, 7) is 0. The fourth-order valence-electron chi connectivity index (χ4n) is 2.10. The fourth-order valence-corrected chi connectivity index (χ4v) is 2.37. The third-order valence-corrected chi connectivity index (χ3v) is 3.40. The number of nitrogens with one attached hydrogen (secondary N) is 1. The van der Waals surface area contributed by atoms with Gasteiger partial charge in [0.2, 0.25) is 5.89 Å². The summed E-state index contributed by atoms with van der Waals surface area (Å²) in [4.78, 5) is 11.1. The molecule has 3 heterocycles. The van der Waals surface area contributed by atoms with Crippen molar-refractivity contribution in [2.75, 3.05) is 0 Å². The molecule has 0 aromatic carbocycles. The monoisotopic (exact) mass is 330 g/mol. The Kier molecular flexibility index (Phi) is 3.78. The molecule has 0 saturated carbocycles. The third-order valence-electron chi connectivity index (χ3n) is 3.09. The second-order valence-electron chi connectivity index (χ2n) is 4.73. The van der Waals surface area contributed by atoms with Gasteiger partial charge in [0.15, 0.2) is 5.82 Å². The van der Waals surface area contributed by atoms with Gasteiger partial charge in [-0.1, -0.05) is 16.8 Å². The van der Waals surface area contributed by atoms with Crippen LogP contribution in [0.15, 0.2) is 23.0 Å². The highest BCUT2D eigenvalue weighted by atomic mass is 35.5. The van der Waals surface area contributed by atoms with Crippen LogP contribution in [0.1, 0.15) is 23.7 Å². The summed E-state index contributed by atoms with van der Waals surface area (Å²) in [5, 5.41) is 4.82. The average molecular weight is 331 g/mol. The summed E-state index contributed by atoms with van der Waals surface area (Å²) in [5.74, 6) is 0.273. The topological polar surface area (TPSA) is 67.6 Å². The van der Waals surface area contributed by atoms with Crippen LogP contribution in [0.5, 0.6) is 0 Å². The largest absolute Gasteiger partial charge is 0.389 e. The summed E-state index contributed by atoms with van der Waals surface area (Å²) in [7, 11) is 0. The zero-order valence-corrected chi connectivity index (χ0v) is 11.9. The first-order valence-corrected chi connectivity index (χ1v) is 6.79. The maximum atomic E-state index is 12.2. The van der Waals surface area contributed by atoms with Gasteiger partial charge in [-0.25, -0.2) is 4.98 Å². The van der Waals surface area contributed by atoms with Crippen LogP contribution in [-0.4, -0.2) is 26.3 Å². The smallest absolute Gasteiger partial charge is 0.346 e. The summed E-state index contributed by atoms with van der Waals surface area (Å²) in [5.41, 5.74) is 1.42. The Balaban J connectivity index is 1.77. The molecule has 3 aromatic heterocycles. The molecule has 0 bridgehead atoms. The number of hydrogen-bond acceptors (Lipinski definition) is 4. The predicted molar refractivity (Wildman–Crippen MR) is 72.6 cm³/mol. The van der Waals surface area contributed by atoms with Crippen LogP contribution in [-0.2, 0) is 12.8 Å². The van der Waals surface area contributed by atoms with E-state index in [2.05, 4.69) is 20.1 Å². The Morgan fingerprint density at radius 3 is 2.91 bits per heavy atom. The number of pyridine rings is 1. The first kappa shape index (κ1) is 14.8. The van der Waals surface area contributed by atoms with Crippen LogP contribution >= 0.6 is 11.6 Å². The molecule has 3 rings (SSSR count). The molecule has 0 aliphatic heterocycles. The van der Waals surface area contributed by atoms with E-state index in [0.29, 0.717) is 10.7 Å². The SMILES string of the molecule is FC(F)(F)CCc1noc(Cc2c[nH]c3nccc(Cl)c23)n1. The number of alkyl halides is 3. The molecule has 0 aliphatic rings. The van der Waals surface area contributed by atoms with Gasteiger partial charge in [-0.15, -0.1) is 0 Å². The van der Waals surface area contributed by atoms with Gasteiger partial charge in [-0.3, -0.25) is 0 Å². The van der Waals surface area contributed by atoms with Gasteiger partial charge >= 0.3 is 6.18 Å². The van der Waals surface area contributed by atoms with Crippen LogP contribution in [0, 0.1) is 0 Å². The molecule has 0 saturated heterocycles. The Morgan fingerprint density at radius 2 is 2.14 bits per heavy atom. The van der Waals surface area contributed by atoms with Gasteiger partial charge in [0.1, 0.15) is 5.65 Å². The highest BCUT2D eigenvalue weighted by molar-refractivity contribution is 6.35. The fraction of sp³-hybridized carbons (Fsp3) is 0.308. The van der Waals surface area contributed by atoms with Crippen molar-refractivity contribution < 1.29 is 17.7 Å². The number of hydrogen-bond donors (Lipinski definition) is 1. The standard InChI is InChI=1S/C13H10ClF3N4O/c14-8-2-4-18-12-11(8)7(6-19-12)5-10-20-9(21-22-10)1-3-13(15,16)17/h2,4,6H,1,3,5H2,(H,18,19). The molecule has 0 aliphatic carbocycles. The van der Waals surface area contributed by atoms with E-state index in [4.69, 9.17) is 16.1 Å². The summed E-state index contributed by atoms with van der Waals surface area (Å²) < 4.78 is 41.5. The van der Waals surface area contributed by atoms with Crippen molar-refractivity contribution >= 4 is 22.6 Å². The van der Waals surface area contributed by atoms with Crippen LogP contribution in [0.25, 0.3) is 11.0 Å². The highest BCUT2D eigenvalue weighted by Crippen LogP contribution is 2.26. The number of rotatable bonds is 4. The lowest BCUT2D eigenvalue weighted by Crippen LogP contribution is -2.09. The molecule has 0 radical (unpaired) electrons. The van der Waals surface area contributed by atoms with Crippen molar-refractivity contribution in [3.63, 3.8) is 0 Å². The van der Waals surface area contributed by atoms with Gasteiger partial charge in [0.25, 0.3) is 0 Å². The number of nitrogens with zero attached hydrogens (tertiary/aromatic N) is 3. The highest BCUT2D eigenvalue weighted by Gasteiger charge is 2.27. The zero-order chi connectivity index (χ0) is 15.7. The van der Waals surface area contributed by atoms with Gasteiger partial charge < -0.3 is 9.51 Å². The van der Waals surface area contributed by atoms with E-state index >= 15 is 0 Å². The lowest BCUT2D eigenvalue weighted by molar-refractivity contribution is -0.134. The van der Waals surface area contributed by atoms with E-state index in [1.165, 1.54) is 0 Å². The Bertz CT molecular complexity index is 796. The van der Waals surface area contributed by atoms with Crippen molar-refractivity contribution in [1.82, 2.24) is 20.1 Å². The number of aromatic amines is 1. The Labute approximate surface area is 127 Å². The molecule has 22 heavy (non-hydrogen) atoms. The maximum absolute atomic E-state index is 12.2. The van der Waals surface area contributed by atoms with E-state index < -0.39 is 12.6 Å². The molecular weight excluding hydrogens is 321 g/mol. The lowest BCUT2D eigenvalue weighted by atomic mass is 10.1. The van der Waals surface area contributed by atoms with E-state index in [1.54, 1.807) is 18.5 Å². The second kappa shape index (κ2) is 5.60. The molecule has 5 nitrogen and oxygen atoms in total. The minimum atomic E-state index is -4.24. The number of halogens is 4. The molecule has 0 atom stereocenters. The van der Waals surface area contributed by atoms with Crippen LogP contribution in [0.3, 0.4) is 0 Å². The van der Waals surface area contributed by atoms with Crippen LogP contribution < -0.4 is 0 Å². The van der Waals surface area contributed by atoms with Crippen molar-refractivity contribution in [1.29, 1.82) is 0 Å². The molecule has 1 N–H and O–H groups in total. The number of fused-ring (bicyclic) bond motifs is 1. The summed E-state index contributed by atoms with van der Waals surface area (Å²) >= 11 is 6.12. The van der Waals surface area contributed by atoms with E-state index in [1.807, 2.05) is 0 Å². The predicted octanol–water partition coefficient (Wildman–Crippen LogP) is 3.69. The van der Waals surface area contributed by atoms with Crippen molar-refractivity contribution in [2.45, 2.75) is 25.4 Å². The van der Waals surface area contributed by atoms with Crippen molar-refractivity contribution in [3.05, 3.63) is 40.8 Å². The second-order valence-corrected chi connectivity index (χ2v) is 5.13. The minimum Gasteiger partial charge on any atom is -0.346 e.